The lowest BCUT2D eigenvalue weighted by molar-refractivity contribution is 0.219. The van der Waals surface area contributed by atoms with Gasteiger partial charge in [0.25, 0.3) is 0 Å². The number of hydrogen-bond donors (Lipinski definition) is 2. The first kappa shape index (κ1) is 14.1. The van der Waals surface area contributed by atoms with Crippen LogP contribution < -0.4 is 5.32 Å². The van der Waals surface area contributed by atoms with Crippen molar-refractivity contribution in [2.24, 2.45) is 0 Å². The average Bonchev–Trinajstić information content (AvgIpc) is 2.91. The summed E-state index contributed by atoms with van der Waals surface area (Å²) >= 11 is 0. The molecule has 0 saturated carbocycles. The molecule has 0 bridgehead atoms. The van der Waals surface area contributed by atoms with E-state index in [1.165, 1.54) is 17.0 Å². The van der Waals surface area contributed by atoms with Crippen molar-refractivity contribution in [1.82, 2.24) is 14.9 Å². The molecule has 1 aromatic heterocycles. The zero-order chi connectivity index (χ0) is 15.5. The van der Waals surface area contributed by atoms with Crippen LogP contribution in [0.15, 0.2) is 48.5 Å². The van der Waals surface area contributed by atoms with Gasteiger partial charge >= 0.3 is 6.03 Å². The number of rotatable bonds is 3. The van der Waals surface area contributed by atoms with Gasteiger partial charge in [-0.15, -0.1) is 0 Å². The molecule has 22 heavy (non-hydrogen) atoms. The predicted octanol–water partition coefficient (Wildman–Crippen LogP) is 3.37. The number of amides is 2. The minimum atomic E-state index is -0.465. The zero-order valence-electron chi connectivity index (χ0n) is 12.0. The van der Waals surface area contributed by atoms with Crippen molar-refractivity contribution < 1.29 is 9.18 Å². The van der Waals surface area contributed by atoms with Gasteiger partial charge in [0.1, 0.15) is 11.6 Å². The molecule has 0 unspecified atom stereocenters. The van der Waals surface area contributed by atoms with Crippen LogP contribution in [0.2, 0.25) is 0 Å². The zero-order valence-corrected chi connectivity index (χ0v) is 12.0. The Morgan fingerprint density at radius 3 is 2.73 bits per heavy atom. The molecule has 3 rings (SSSR count). The number of fused-ring (bicyclic) bond motifs is 1. The van der Waals surface area contributed by atoms with Gasteiger partial charge in [0.05, 0.1) is 23.3 Å². The number of aromatic amines is 1. The maximum absolute atomic E-state index is 13.5. The lowest BCUT2D eigenvalue weighted by Crippen LogP contribution is -2.31. The summed E-state index contributed by atoms with van der Waals surface area (Å²) in [6.45, 7) is 0.301. The largest absolute Gasteiger partial charge is 0.340 e. The third kappa shape index (κ3) is 2.90. The van der Waals surface area contributed by atoms with Gasteiger partial charge in [0.15, 0.2) is 0 Å². The van der Waals surface area contributed by atoms with Crippen LogP contribution in [-0.2, 0) is 6.54 Å². The summed E-state index contributed by atoms with van der Waals surface area (Å²) in [5.41, 5.74) is 1.92. The van der Waals surface area contributed by atoms with Gasteiger partial charge < -0.3 is 15.2 Å². The summed E-state index contributed by atoms with van der Waals surface area (Å²) in [7, 11) is 1.63. The van der Waals surface area contributed by atoms with E-state index in [0.717, 1.165) is 11.0 Å². The number of imidazole rings is 1. The Hall–Kier alpha value is -2.89. The van der Waals surface area contributed by atoms with Crippen LogP contribution in [0, 0.1) is 5.82 Å². The molecule has 2 N–H and O–H groups in total. The number of nitrogens with one attached hydrogen (secondary N) is 2. The highest BCUT2D eigenvalue weighted by atomic mass is 19.1. The third-order valence-corrected chi connectivity index (χ3v) is 3.29. The van der Waals surface area contributed by atoms with Crippen LogP contribution in [0.4, 0.5) is 14.9 Å². The quantitative estimate of drug-likeness (QED) is 0.779. The van der Waals surface area contributed by atoms with Crippen LogP contribution in [0.3, 0.4) is 0 Å². The van der Waals surface area contributed by atoms with Crippen molar-refractivity contribution in [1.29, 1.82) is 0 Å². The van der Waals surface area contributed by atoms with Gasteiger partial charge in [-0.3, -0.25) is 0 Å². The summed E-state index contributed by atoms with van der Waals surface area (Å²) in [6, 6.07) is 13.3. The van der Waals surface area contributed by atoms with Gasteiger partial charge in [-0.1, -0.05) is 24.3 Å². The van der Waals surface area contributed by atoms with E-state index in [2.05, 4.69) is 15.3 Å². The van der Waals surface area contributed by atoms with Crippen molar-refractivity contribution in [2.75, 3.05) is 12.4 Å². The number of anilines is 1. The van der Waals surface area contributed by atoms with Crippen LogP contribution in [0.1, 0.15) is 5.82 Å². The molecule has 0 saturated heterocycles. The van der Waals surface area contributed by atoms with E-state index in [9.17, 15) is 9.18 Å². The molecule has 0 aliphatic carbocycles. The highest BCUT2D eigenvalue weighted by Gasteiger charge is 2.13. The topological polar surface area (TPSA) is 61.0 Å². The Labute approximate surface area is 126 Å². The van der Waals surface area contributed by atoms with Gasteiger partial charge in [-0.2, -0.15) is 0 Å². The number of aromatic nitrogens is 2. The second-order valence-electron chi connectivity index (χ2n) is 4.97. The van der Waals surface area contributed by atoms with E-state index >= 15 is 0 Å². The second-order valence-corrected chi connectivity index (χ2v) is 4.97. The number of nitrogens with zero attached hydrogens (tertiary/aromatic N) is 2. The van der Waals surface area contributed by atoms with Crippen molar-refractivity contribution >= 4 is 22.8 Å². The number of benzene rings is 2. The minimum Gasteiger partial charge on any atom is -0.340 e. The van der Waals surface area contributed by atoms with E-state index < -0.39 is 11.8 Å². The van der Waals surface area contributed by atoms with Crippen molar-refractivity contribution in [3.8, 4) is 0 Å². The van der Waals surface area contributed by atoms with Crippen LogP contribution in [-0.4, -0.2) is 27.9 Å². The highest BCUT2D eigenvalue weighted by molar-refractivity contribution is 5.89. The molecule has 3 aromatic rings. The number of hydrogen-bond acceptors (Lipinski definition) is 2. The number of para-hydroxylation sites is 3. The summed E-state index contributed by atoms with van der Waals surface area (Å²) in [5.74, 6) is 0.209. The van der Waals surface area contributed by atoms with Gasteiger partial charge in [0, 0.05) is 7.05 Å². The standard InChI is InChI=1S/C16H15FN4O/c1-21(16(22)20-12-7-3-2-6-11(12)17)10-15-18-13-8-4-5-9-14(13)19-15/h2-9H,10H2,1H3,(H,18,19)(H,20,22). The second kappa shape index (κ2) is 5.85. The summed E-state index contributed by atoms with van der Waals surface area (Å²) < 4.78 is 13.5. The molecule has 0 spiro atoms. The molecule has 0 fully saturated rings. The Bertz CT molecular complexity index is 782. The molecule has 0 aliphatic rings. The summed E-state index contributed by atoms with van der Waals surface area (Å²) in [4.78, 5) is 21.1. The van der Waals surface area contributed by atoms with E-state index in [1.54, 1.807) is 19.2 Å². The van der Waals surface area contributed by atoms with Gasteiger partial charge in [-0.25, -0.2) is 14.2 Å². The van der Waals surface area contributed by atoms with Crippen molar-refractivity contribution in [3.63, 3.8) is 0 Å². The number of H-pyrrole nitrogens is 1. The number of urea groups is 1. The monoisotopic (exact) mass is 298 g/mol. The first-order valence-corrected chi connectivity index (χ1v) is 6.84. The summed E-state index contributed by atoms with van der Waals surface area (Å²) in [5, 5.41) is 2.53. The lowest BCUT2D eigenvalue weighted by Gasteiger charge is -2.16. The molecular weight excluding hydrogens is 283 g/mol. The fourth-order valence-corrected chi connectivity index (χ4v) is 2.15. The van der Waals surface area contributed by atoms with Crippen LogP contribution in [0.5, 0.6) is 0 Å². The first-order chi connectivity index (χ1) is 10.6. The molecule has 2 aromatic carbocycles. The Kier molecular flexibility index (Phi) is 3.74. The third-order valence-electron chi connectivity index (χ3n) is 3.29. The molecule has 5 nitrogen and oxygen atoms in total. The first-order valence-electron chi connectivity index (χ1n) is 6.84. The number of carbonyl (C=O) groups excluding carboxylic acids is 1. The molecule has 0 radical (unpaired) electrons. The fraction of sp³-hybridized carbons (Fsp3) is 0.125. The van der Waals surface area contributed by atoms with Gasteiger partial charge in [0.2, 0.25) is 0 Å². The van der Waals surface area contributed by atoms with E-state index in [1.807, 2.05) is 24.3 Å². The number of carbonyl (C=O) groups is 1. The van der Waals surface area contributed by atoms with Crippen LogP contribution >= 0.6 is 0 Å². The summed E-state index contributed by atoms with van der Waals surface area (Å²) in [6.07, 6.45) is 0. The van der Waals surface area contributed by atoms with Crippen molar-refractivity contribution in [3.05, 3.63) is 60.2 Å². The smallest absolute Gasteiger partial charge is 0.322 e. The minimum absolute atomic E-state index is 0.156. The Morgan fingerprint density at radius 2 is 1.95 bits per heavy atom. The SMILES string of the molecule is CN(Cc1nc2ccccc2[nH]1)C(=O)Nc1ccccc1F. The van der Waals surface area contributed by atoms with E-state index in [0.29, 0.717) is 12.4 Å². The van der Waals surface area contributed by atoms with Crippen molar-refractivity contribution in [2.45, 2.75) is 6.54 Å². The number of halogens is 1. The molecular formula is C16H15FN4O. The molecule has 0 aliphatic heterocycles. The molecule has 112 valence electrons. The Balaban J connectivity index is 1.69. The van der Waals surface area contributed by atoms with Gasteiger partial charge in [-0.05, 0) is 24.3 Å². The molecule has 2 amide bonds. The lowest BCUT2D eigenvalue weighted by atomic mass is 10.3. The fourth-order valence-electron chi connectivity index (χ4n) is 2.15. The van der Waals surface area contributed by atoms with E-state index in [4.69, 9.17) is 0 Å². The molecule has 6 heteroatoms. The highest BCUT2D eigenvalue weighted by Crippen LogP contribution is 2.14. The maximum atomic E-state index is 13.5. The molecule has 1 heterocycles. The normalized spacial score (nSPS) is 10.6. The Morgan fingerprint density at radius 1 is 1.23 bits per heavy atom. The maximum Gasteiger partial charge on any atom is 0.322 e. The molecule has 0 atom stereocenters. The average molecular weight is 298 g/mol. The van der Waals surface area contributed by atoms with Crippen LogP contribution in [0.25, 0.3) is 11.0 Å². The van der Waals surface area contributed by atoms with E-state index in [-0.39, 0.29) is 5.69 Å². The predicted molar refractivity (Wildman–Crippen MR) is 83.0 cm³/mol.